The maximum absolute atomic E-state index is 9.14. The van der Waals surface area contributed by atoms with Crippen molar-refractivity contribution >= 4 is 34.1 Å². The monoisotopic (exact) mass is 305 g/mol. The first-order valence-electron chi connectivity index (χ1n) is 6.45. The number of likely N-dealkylation sites (N-methyl/N-ethyl adjacent to an activating group) is 1. The minimum absolute atomic E-state index is 0.344. The molecule has 0 bridgehead atoms. The van der Waals surface area contributed by atoms with Crippen LogP contribution < -0.4 is 0 Å². The molecule has 0 atom stereocenters. The Morgan fingerprint density at radius 2 is 2.20 bits per heavy atom. The summed E-state index contributed by atoms with van der Waals surface area (Å²) in [7, 11) is 2.08. The van der Waals surface area contributed by atoms with Crippen molar-refractivity contribution in [1.82, 2.24) is 9.88 Å². The Labute approximate surface area is 127 Å². The maximum atomic E-state index is 9.14. The first kappa shape index (κ1) is 13.6. The molecule has 5 heteroatoms. The standard InChI is InChI=1S/C15H13Cl2N3/c1-20-5-3-13-11(8-20)10(2-4-18)15-12(17)6-9(16)7-14(15)19-13/h6-7H,2-3,5,8H2,1H3. The van der Waals surface area contributed by atoms with E-state index in [1.807, 2.05) is 6.07 Å². The number of benzene rings is 1. The molecule has 0 unspecified atom stereocenters. The van der Waals surface area contributed by atoms with Crippen molar-refractivity contribution in [2.24, 2.45) is 0 Å². The molecule has 1 aliphatic rings. The van der Waals surface area contributed by atoms with E-state index in [1.54, 1.807) is 6.07 Å². The summed E-state index contributed by atoms with van der Waals surface area (Å²) < 4.78 is 0. The van der Waals surface area contributed by atoms with Crippen molar-refractivity contribution in [1.29, 1.82) is 5.26 Å². The highest BCUT2D eigenvalue weighted by atomic mass is 35.5. The second-order valence-corrected chi connectivity index (χ2v) is 5.96. The van der Waals surface area contributed by atoms with Crippen molar-refractivity contribution < 1.29 is 0 Å². The summed E-state index contributed by atoms with van der Waals surface area (Å²) in [5, 5.41) is 11.2. The van der Waals surface area contributed by atoms with Crippen LogP contribution in [0.15, 0.2) is 12.1 Å². The largest absolute Gasteiger partial charge is 0.302 e. The summed E-state index contributed by atoms with van der Waals surface area (Å²) in [4.78, 5) is 6.95. The lowest BCUT2D eigenvalue weighted by molar-refractivity contribution is 0.309. The molecule has 1 aromatic heterocycles. The summed E-state index contributed by atoms with van der Waals surface area (Å²) >= 11 is 12.4. The first-order valence-corrected chi connectivity index (χ1v) is 7.20. The summed E-state index contributed by atoms with van der Waals surface area (Å²) in [6.07, 6.45) is 1.24. The maximum Gasteiger partial charge on any atom is 0.0738 e. The molecular weight excluding hydrogens is 293 g/mol. The Kier molecular flexibility index (Phi) is 3.55. The van der Waals surface area contributed by atoms with Crippen LogP contribution in [0.2, 0.25) is 10.0 Å². The highest BCUT2D eigenvalue weighted by Crippen LogP contribution is 2.34. The Morgan fingerprint density at radius 1 is 1.40 bits per heavy atom. The lowest BCUT2D eigenvalue weighted by atomic mass is 9.94. The van der Waals surface area contributed by atoms with E-state index < -0.39 is 0 Å². The van der Waals surface area contributed by atoms with Crippen LogP contribution in [0.5, 0.6) is 0 Å². The topological polar surface area (TPSA) is 39.9 Å². The number of halogens is 2. The summed E-state index contributed by atoms with van der Waals surface area (Å²) in [6, 6.07) is 5.78. The van der Waals surface area contributed by atoms with Gasteiger partial charge < -0.3 is 4.90 Å². The van der Waals surface area contributed by atoms with Crippen molar-refractivity contribution in [2.75, 3.05) is 13.6 Å². The van der Waals surface area contributed by atoms with Crippen molar-refractivity contribution in [3.63, 3.8) is 0 Å². The molecule has 2 heterocycles. The van der Waals surface area contributed by atoms with Crippen LogP contribution in [0.1, 0.15) is 16.8 Å². The van der Waals surface area contributed by atoms with Crippen LogP contribution in [0.3, 0.4) is 0 Å². The molecule has 102 valence electrons. The lowest BCUT2D eigenvalue weighted by Gasteiger charge is -2.27. The summed E-state index contributed by atoms with van der Waals surface area (Å²) in [5.74, 6) is 0. The van der Waals surface area contributed by atoms with Gasteiger partial charge in [0.2, 0.25) is 0 Å². The molecule has 0 radical (unpaired) electrons. The molecule has 2 aromatic rings. The van der Waals surface area contributed by atoms with E-state index in [1.165, 1.54) is 0 Å². The minimum atomic E-state index is 0.344. The molecule has 0 spiro atoms. The fourth-order valence-corrected chi connectivity index (χ4v) is 3.39. The Bertz CT molecular complexity index is 734. The third-order valence-corrected chi connectivity index (χ3v) is 4.23. The number of hydrogen-bond acceptors (Lipinski definition) is 3. The predicted molar refractivity (Wildman–Crippen MR) is 81.1 cm³/mol. The van der Waals surface area contributed by atoms with Gasteiger partial charge in [0.15, 0.2) is 0 Å². The Hall–Kier alpha value is -1.34. The smallest absolute Gasteiger partial charge is 0.0738 e. The van der Waals surface area contributed by atoms with Gasteiger partial charge in [0.1, 0.15) is 0 Å². The zero-order valence-electron chi connectivity index (χ0n) is 11.1. The van der Waals surface area contributed by atoms with Crippen LogP contribution in [0.4, 0.5) is 0 Å². The molecule has 0 N–H and O–H groups in total. The van der Waals surface area contributed by atoms with Gasteiger partial charge in [0, 0.05) is 35.6 Å². The molecule has 3 rings (SSSR count). The van der Waals surface area contributed by atoms with E-state index >= 15 is 0 Å². The molecule has 3 nitrogen and oxygen atoms in total. The van der Waals surface area contributed by atoms with Gasteiger partial charge in [0.25, 0.3) is 0 Å². The number of nitrogens with zero attached hydrogens (tertiary/aromatic N) is 3. The van der Waals surface area contributed by atoms with Crippen LogP contribution in [-0.2, 0) is 19.4 Å². The normalized spacial score (nSPS) is 15.1. The minimum Gasteiger partial charge on any atom is -0.302 e. The average Bonchev–Trinajstić information content (AvgIpc) is 2.38. The Balaban J connectivity index is 2.36. The summed E-state index contributed by atoms with van der Waals surface area (Å²) in [5.41, 5.74) is 4.01. The van der Waals surface area contributed by atoms with Crippen LogP contribution in [0, 0.1) is 11.3 Å². The number of nitriles is 1. The van der Waals surface area contributed by atoms with E-state index in [0.29, 0.717) is 16.5 Å². The SMILES string of the molecule is CN1CCc2nc3cc(Cl)cc(Cl)c3c(CC#N)c2C1. The Morgan fingerprint density at radius 3 is 2.95 bits per heavy atom. The van der Waals surface area contributed by atoms with Gasteiger partial charge in [0.05, 0.1) is 23.0 Å². The lowest BCUT2D eigenvalue weighted by Crippen LogP contribution is -2.28. The molecule has 0 amide bonds. The fourth-order valence-electron chi connectivity index (χ4n) is 2.80. The summed E-state index contributed by atoms with van der Waals surface area (Å²) in [6.45, 7) is 1.79. The first-order chi connectivity index (χ1) is 9.60. The number of hydrogen-bond donors (Lipinski definition) is 0. The van der Waals surface area contributed by atoms with Gasteiger partial charge >= 0.3 is 0 Å². The van der Waals surface area contributed by atoms with Crippen molar-refractivity contribution in [2.45, 2.75) is 19.4 Å². The van der Waals surface area contributed by atoms with Gasteiger partial charge in [-0.05, 0) is 30.3 Å². The molecule has 20 heavy (non-hydrogen) atoms. The van der Waals surface area contributed by atoms with Gasteiger partial charge in [-0.15, -0.1) is 0 Å². The number of fused-ring (bicyclic) bond motifs is 2. The van der Waals surface area contributed by atoms with Gasteiger partial charge in [-0.3, -0.25) is 4.98 Å². The number of rotatable bonds is 1. The van der Waals surface area contributed by atoms with Crippen LogP contribution in [0.25, 0.3) is 10.9 Å². The average molecular weight is 306 g/mol. The van der Waals surface area contributed by atoms with E-state index in [-0.39, 0.29) is 0 Å². The fraction of sp³-hybridized carbons (Fsp3) is 0.333. The van der Waals surface area contributed by atoms with Gasteiger partial charge in [-0.2, -0.15) is 5.26 Å². The van der Waals surface area contributed by atoms with E-state index in [4.69, 9.17) is 33.4 Å². The molecule has 0 aliphatic carbocycles. The van der Waals surface area contributed by atoms with E-state index in [0.717, 1.165) is 47.2 Å². The highest BCUT2D eigenvalue weighted by molar-refractivity contribution is 6.38. The molecule has 0 fully saturated rings. The number of aromatic nitrogens is 1. The van der Waals surface area contributed by atoms with Gasteiger partial charge in [-0.25, -0.2) is 0 Å². The number of pyridine rings is 1. The van der Waals surface area contributed by atoms with Crippen molar-refractivity contribution in [3.8, 4) is 6.07 Å². The van der Waals surface area contributed by atoms with Crippen molar-refractivity contribution in [3.05, 3.63) is 39.0 Å². The molecular formula is C15H13Cl2N3. The third-order valence-electron chi connectivity index (χ3n) is 3.72. The van der Waals surface area contributed by atoms with Crippen LogP contribution >= 0.6 is 23.2 Å². The zero-order chi connectivity index (χ0) is 14.3. The van der Waals surface area contributed by atoms with E-state index in [2.05, 4.69) is 18.0 Å². The quantitative estimate of drug-likeness (QED) is 0.808. The highest BCUT2D eigenvalue weighted by Gasteiger charge is 2.21. The van der Waals surface area contributed by atoms with Gasteiger partial charge in [-0.1, -0.05) is 23.2 Å². The third kappa shape index (κ3) is 2.25. The zero-order valence-corrected chi connectivity index (χ0v) is 12.6. The predicted octanol–water partition coefficient (Wildman–Crippen LogP) is 3.60. The molecule has 0 saturated carbocycles. The second-order valence-electron chi connectivity index (χ2n) is 5.12. The second kappa shape index (κ2) is 5.21. The molecule has 1 aliphatic heterocycles. The molecule has 0 saturated heterocycles. The van der Waals surface area contributed by atoms with E-state index in [9.17, 15) is 0 Å². The molecule has 1 aromatic carbocycles. The van der Waals surface area contributed by atoms with Crippen LogP contribution in [-0.4, -0.2) is 23.5 Å².